The van der Waals surface area contributed by atoms with Crippen LogP contribution in [0.1, 0.15) is 96.8 Å². The van der Waals surface area contributed by atoms with Crippen LogP contribution in [0.15, 0.2) is 12.2 Å². The van der Waals surface area contributed by atoms with E-state index in [2.05, 4.69) is 19.1 Å². The van der Waals surface area contributed by atoms with Crippen molar-refractivity contribution >= 4 is 0 Å². The Hall–Kier alpha value is -0.380. The van der Waals surface area contributed by atoms with Crippen molar-refractivity contribution in [2.75, 3.05) is 26.9 Å². The van der Waals surface area contributed by atoms with Crippen LogP contribution in [0.5, 0.6) is 0 Å². The molecule has 0 aliphatic rings. The predicted molar refractivity (Wildman–Crippen MR) is 108 cm³/mol. The summed E-state index contributed by atoms with van der Waals surface area (Å²) >= 11 is 0. The molecule has 0 heterocycles. The van der Waals surface area contributed by atoms with E-state index in [0.29, 0.717) is 6.61 Å². The van der Waals surface area contributed by atoms with E-state index in [1.807, 2.05) is 0 Å². The minimum absolute atomic E-state index is 0.0317. The lowest BCUT2D eigenvalue weighted by Gasteiger charge is -2.12. The number of hydrogen-bond donors (Lipinski definition) is 1. The Morgan fingerprint density at radius 3 is 1.80 bits per heavy atom. The molecule has 0 rings (SSSR count). The minimum atomic E-state index is -0.172. The summed E-state index contributed by atoms with van der Waals surface area (Å²) in [4.78, 5) is 0. The van der Waals surface area contributed by atoms with Gasteiger partial charge in [-0.1, -0.05) is 76.9 Å². The molecule has 0 saturated carbocycles. The van der Waals surface area contributed by atoms with Crippen molar-refractivity contribution in [3.05, 3.63) is 12.2 Å². The molecule has 0 spiro atoms. The molecule has 1 atom stereocenters. The van der Waals surface area contributed by atoms with Gasteiger partial charge >= 0.3 is 0 Å². The van der Waals surface area contributed by atoms with Gasteiger partial charge in [0, 0.05) is 13.7 Å². The lowest BCUT2D eigenvalue weighted by atomic mass is 10.1. The first-order valence-corrected chi connectivity index (χ1v) is 10.7. The summed E-state index contributed by atoms with van der Waals surface area (Å²) in [7, 11) is 1.61. The average molecular weight is 357 g/mol. The Balaban J connectivity index is 3.12. The van der Waals surface area contributed by atoms with Crippen LogP contribution in [-0.4, -0.2) is 38.1 Å². The Bertz CT molecular complexity index is 262. The topological polar surface area (TPSA) is 38.7 Å². The van der Waals surface area contributed by atoms with E-state index < -0.39 is 0 Å². The summed E-state index contributed by atoms with van der Waals surface area (Å²) in [6.45, 7) is 3.58. The molecule has 0 fully saturated rings. The van der Waals surface area contributed by atoms with Crippen molar-refractivity contribution in [2.24, 2.45) is 0 Å². The van der Waals surface area contributed by atoms with E-state index in [4.69, 9.17) is 14.6 Å². The maximum atomic E-state index is 8.96. The zero-order valence-electron chi connectivity index (χ0n) is 17.0. The molecule has 3 nitrogen and oxygen atoms in total. The number of unbranched alkanes of at least 4 members (excludes halogenated alkanes) is 12. The molecular formula is C22H44O3. The summed E-state index contributed by atoms with van der Waals surface area (Å²) in [5, 5.41) is 8.96. The van der Waals surface area contributed by atoms with E-state index in [1.54, 1.807) is 7.11 Å². The third-order valence-corrected chi connectivity index (χ3v) is 4.64. The predicted octanol–water partition coefficient (Wildman–Crippen LogP) is 6.05. The normalized spacial score (nSPS) is 12.9. The van der Waals surface area contributed by atoms with Crippen molar-refractivity contribution in [2.45, 2.75) is 103 Å². The van der Waals surface area contributed by atoms with Crippen LogP contribution in [0.3, 0.4) is 0 Å². The largest absolute Gasteiger partial charge is 0.394 e. The monoisotopic (exact) mass is 356 g/mol. The average Bonchev–Trinajstić information content (AvgIpc) is 2.64. The van der Waals surface area contributed by atoms with Gasteiger partial charge in [-0.3, -0.25) is 0 Å². The van der Waals surface area contributed by atoms with Crippen LogP contribution in [0.25, 0.3) is 0 Å². The maximum absolute atomic E-state index is 8.96. The third-order valence-electron chi connectivity index (χ3n) is 4.64. The molecule has 0 aromatic heterocycles. The quantitative estimate of drug-likeness (QED) is 0.213. The molecule has 0 aliphatic carbocycles. The molecule has 0 amide bonds. The Morgan fingerprint density at radius 1 is 0.760 bits per heavy atom. The highest BCUT2D eigenvalue weighted by atomic mass is 16.5. The Morgan fingerprint density at radius 2 is 1.28 bits per heavy atom. The fourth-order valence-electron chi connectivity index (χ4n) is 2.86. The van der Waals surface area contributed by atoms with Crippen molar-refractivity contribution in [1.29, 1.82) is 0 Å². The number of allylic oxidation sites excluding steroid dienone is 2. The van der Waals surface area contributed by atoms with Gasteiger partial charge in [0.2, 0.25) is 0 Å². The van der Waals surface area contributed by atoms with E-state index in [0.717, 1.165) is 13.0 Å². The van der Waals surface area contributed by atoms with Gasteiger partial charge in [0.15, 0.2) is 0 Å². The lowest BCUT2D eigenvalue weighted by Crippen LogP contribution is -2.22. The molecule has 0 radical (unpaired) electrons. The van der Waals surface area contributed by atoms with Crippen molar-refractivity contribution in [3.63, 3.8) is 0 Å². The summed E-state index contributed by atoms with van der Waals surface area (Å²) < 4.78 is 10.6. The summed E-state index contributed by atoms with van der Waals surface area (Å²) in [6, 6.07) is 0. The number of methoxy groups -OCH3 is 1. The van der Waals surface area contributed by atoms with Gasteiger partial charge < -0.3 is 14.6 Å². The minimum Gasteiger partial charge on any atom is -0.394 e. The van der Waals surface area contributed by atoms with Crippen molar-refractivity contribution in [3.8, 4) is 0 Å². The zero-order valence-corrected chi connectivity index (χ0v) is 17.0. The molecule has 0 aromatic rings. The fraction of sp³-hybridized carbons (Fsp3) is 0.909. The second-order valence-corrected chi connectivity index (χ2v) is 7.05. The van der Waals surface area contributed by atoms with Gasteiger partial charge in [-0.15, -0.1) is 0 Å². The molecule has 3 heteroatoms. The van der Waals surface area contributed by atoms with E-state index in [-0.39, 0.29) is 12.7 Å². The van der Waals surface area contributed by atoms with Crippen molar-refractivity contribution < 1.29 is 14.6 Å². The second-order valence-electron chi connectivity index (χ2n) is 7.05. The smallest absolute Gasteiger partial charge is 0.103 e. The van der Waals surface area contributed by atoms with Crippen LogP contribution in [0, 0.1) is 0 Å². The highest BCUT2D eigenvalue weighted by Gasteiger charge is 2.04. The molecule has 1 N–H and O–H groups in total. The van der Waals surface area contributed by atoms with Crippen LogP contribution >= 0.6 is 0 Å². The molecule has 25 heavy (non-hydrogen) atoms. The van der Waals surface area contributed by atoms with Gasteiger partial charge in [-0.05, 0) is 32.1 Å². The molecular weight excluding hydrogens is 312 g/mol. The van der Waals surface area contributed by atoms with Crippen LogP contribution in [0.2, 0.25) is 0 Å². The van der Waals surface area contributed by atoms with Gasteiger partial charge in [0.1, 0.15) is 6.10 Å². The first kappa shape index (κ1) is 24.6. The first-order chi connectivity index (χ1) is 12.3. The summed E-state index contributed by atoms with van der Waals surface area (Å²) in [5.74, 6) is 0. The van der Waals surface area contributed by atoms with Crippen LogP contribution in [0.4, 0.5) is 0 Å². The van der Waals surface area contributed by atoms with Gasteiger partial charge in [0.25, 0.3) is 0 Å². The first-order valence-electron chi connectivity index (χ1n) is 10.7. The van der Waals surface area contributed by atoms with E-state index >= 15 is 0 Å². The zero-order chi connectivity index (χ0) is 18.4. The number of aliphatic hydroxyl groups is 1. The highest BCUT2D eigenvalue weighted by molar-refractivity contribution is 4.81. The number of aliphatic hydroxyl groups excluding tert-OH is 1. The van der Waals surface area contributed by atoms with Gasteiger partial charge in [0.05, 0.1) is 13.2 Å². The van der Waals surface area contributed by atoms with E-state index in [1.165, 1.54) is 83.5 Å². The van der Waals surface area contributed by atoms with Crippen molar-refractivity contribution in [1.82, 2.24) is 0 Å². The Kier molecular flexibility index (Phi) is 21.3. The fourth-order valence-corrected chi connectivity index (χ4v) is 2.86. The molecule has 0 aromatic carbocycles. The highest BCUT2D eigenvalue weighted by Crippen LogP contribution is 2.10. The lowest BCUT2D eigenvalue weighted by molar-refractivity contribution is -0.0205. The SMILES string of the molecule is CCCCCCCC/C=C\CCCCCCCCOC[C@H](CO)OC. The molecule has 0 unspecified atom stereocenters. The van der Waals surface area contributed by atoms with Crippen LogP contribution < -0.4 is 0 Å². The maximum Gasteiger partial charge on any atom is 0.103 e. The number of rotatable bonds is 20. The standard InChI is InChI=1S/C22H44O3/c1-3-4-5-6-7-8-9-10-11-12-13-14-15-16-17-18-19-25-21-22(20-23)24-2/h10-11,22-23H,3-9,12-21H2,1-2H3/b11-10-/t22-/m0/s1. The molecule has 0 bridgehead atoms. The van der Waals surface area contributed by atoms with Gasteiger partial charge in [-0.25, -0.2) is 0 Å². The molecule has 0 saturated heterocycles. The van der Waals surface area contributed by atoms with E-state index in [9.17, 15) is 0 Å². The Labute approximate surface area is 157 Å². The summed E-state index contributed by atoms with van der Waals surface area (Å²) in [6.07, 6.45) is 23.1. The second kappa shape index (κ2) is 21.7. The third kappa shape index (κ3) is 19.8. The molecule has 150 valence electrons. The number of ether oxygens (including phenoxy) is 2. The van der Waals surface area contributed by atoms with Gasteiger partial charge in [-0.2, -0.15) is 0 Å². The van der Waals surface area contributed by atoms with Crippen LogP contribution in [-0.2, 0) is 9.47 Å². The molecule has 0 aliphatic heterocycles. The number of hydrogen-bond acceptors (Lipinski definition) is 3. The summed E-state index contributed by atoms with van der Waals surface area (Å²) in [5.41, 5.74) is 0.